The number of aromatic nitrogens is 4. The molecule has 26 heavy (non-hydrogen) atoms. The summed E-state index contributed by atoms with van der Waals surface area (Å²) in [6.07, 6.45) is 8.03. The third kappa shape index (κ3) is 2.65. The van der Waals surface area contributed by atoms with Gasteiger partial charge in [0, 0.05) is 55.0 Å². The molecule has 0 atom stereocenters. The molecule has 0 spiro atoms. The highest BCUT2D eigenvalue weighted by atomic mass is 16.5. The van der Waals surface area contributed by atoms with Gasteiger partial charge in [-0.15, -0.1) is 0 Å². The lowest BCUT2D eigenvalue weighted by Crippen LogP contribution is -2.37. The minimum absolute atomic E-state index is 0.104. The lowest BCUT2D eigenvalue weighted by atomic mass is 10.00. The van der Waals surface area contributed by atoms with E-state index in [9.17, 15) is 4.79 Å². The van der Waals surface area contributed by atoms with Crippen LogP contribution in [0, 0.1) is 0 Å². The number of fused-ring (bicyclic) bond motifs is 1. The third-order valence-electron chi connectivity index (χ3n) is 4.95. The molecule has 0 saturated heterocycles. The SMILES string of the molecule is O=C(c1cc(C2CC2)on1)N1CCc2ncnc(-c3cccnc3)c2C1. The van der Waals surface area contributed by atoms with Crippen molar-refractivity contribution in [2.45, 2.75) is 31.7 Å². The molecule has 4 heterocycles. The number of nitrogens with zero attached hydrogens (tertiary/aromatic N) is 5. The van der Waals surface area contributed by atoms with Crippen LogP contribution in [0.15, 0.2) is 41.4 Å². The molecule has 7 heteroatoms. The Balaban J connectivity index is 1.44. The molecule has 3 aromatic rings. The first-order valence-electron chi connectivity index (χ1n) is 8.78. The molecule has 1 aliphatic carbocycles. The zero-order valence-corrected chi connectivity index (χ0v) is 14.1. The summed E-state index contributed by atoms with van der Waals surface area (Å²) in [6.45, 7) is 1.08. The van der Waals surface area contributed by atoms with Crippen LogP contribution >= 0.6 is 0 Å². The van der Waals surface area contributed by atoms with E-state index in [-0.39, 0.29) is 5.91 Å². The number of rotatable bonds is 3. The smallest absolute Gasteiger partial charge is 0.276 e. The van der Waals surface area contributed by atoms with Gasteiger partial charge in [0.1, 0.15) is 12.1 Å². The predicted molar refractivity (Wildman–Crippen MR) is 92.2 cm³/mol. The molecule has 0 aromatic carbocycles. The van der Waals surface area contributed by atoms with Crippen molar-refractivity contribution in [1.82, 2.24) is 25.0 Å². The molecule has 1 amide bonds. The molecule has 0 N–H and O–H groups in total. The molecule has 7 nitrogen and oxygen atoms in total. The molecule has 5 rings (SSSR count). The second kappa shape index (κ2) is 6.01. The van der Waals surface area contributed by atoms with Crippen LogP contribution in [0.5, 0.6) is 0 Å². The fourth-order valence-electron chi connectivity index (χ4n) is 3.38. The van der Waals surface area contributed by atoms with Gasteiger partial charge in [-0.1, -0.05) is 5.16 Å². The number of pyridine rings is 1. The van der Waals surface area contributed by atoms with Crippen LogP contribution in [-0.4, -0.2) is 37.5 Å². The van der Waals surface area contributed by atoms with Gasteiger partial charge in [0.05, 0.1) is 11.4 Å². The maximum absolute atomic E-state index is 12.9. The predicted octanol–water partition coefficient (Wildman–Crippen LogP) is 2.60. The molecule has 3 aromatic heterocycles. The zero-order valence-electron chi connectivity index (χ0n) is 14.1. The molecule has 0 unspecified atom stereocenters. The molecule has 1 fully saturated rings. The van der Waals surface area contributed by atoms with Gasteiger partial charge in [-0.05, 0) is 25.0 Å². The van der Waals surface area contributed by atoms with Crippen LogP contribution < -0.4 is 0 Å². The molecule has 2 aliphatic rings. The Morgan fingerprint density at radius 2 is 2.19 bits per heavy atom. The summed E-state index contributed by atoms with van der Waals surface area (Å²) in [4.78, 5) is 27.7. The summed E-state index contributed by atoms with van der Waals surface area (Å²) < 4.78 is 5.33. The molecule has 1 saturated carbocycles. The summed E-state index contributed by atoms with van der Waals surface area (Å²) in [7, 11) is 0. The Hall–Kier alpha value is -3.09. The minimum atomic E-state index is -0.104. The van der Waals surface area contributed by atoms with E-state index in [1.807, 2.05) is 12.1 Å². The van der Waals surface area contributed by atoms with Crippen molar-refractivity contribution in [2.24, 2.45) is 0 Å². The van der Waals surface area contributed by atoms with Crippen molar-refractivity contribution >= 4 is 5.91 Å². The van der Waals surface area contributed by atoms with Gasteiger partial charge < -0.3 is 9.42 Å². The van der Waals surface area contributed by atoms with Crippen molar-refractivity contribution in [1.29, 1.82) is 0 Å². The Bertz CT molecular complexity index is 965. The highest BCUT2D eigenvalue weighted by Crippen LogP contribution is 2.40. The van der Waals surface area contributed by atoms with Gasteiger partial charge in [0.25, 0.3) is 5.91 Å². The molecule has 1 aliphatic heterocycles. The van der Waals surface area contributed by atoms with Gasteiger partial charge in [0.15, 0.2) is 5.69 Å². The first-order chi connectivity index (χ1) is 12.8. The van der Waals surface area contributed by atoms with Gasteiger partial charge >= 0.3 is 0 Å². The van der Waals surface area contributed by atoms with Crippen molar-refractivity contribution in [3.63, 3.8) is 0 Å². The van der Waals surface area contributed by atoms with E-state index in [1.165, 1.54) is 0 Å². The molecule has 0 radical (unpaired) electrons. The fraction of sp³-hybridized carbons (Fsp3) is 0.316. The summed E-state index contributed by atoms with van der Waals surface area (Å²) in [5, 5.41) is 3.98. The van der Waals surface area contributed by atoms with Gasteiger partial charge in [-0.2, -0.15) is 0 Å². The standard InChI is InChI=1S/C19H17N5O2/c25-19(16-8-17(26-23-16)12-3-4-12)24-7-5-15-14(10-24)18(22-11-21-15)13-2-1-6-20-9-13/h1-2,6,8-9,11-12H,3-5,7,10H2. The van der Waals surface area contributed by atoms with E-state index in [0.29, 0.717) is 31.1 Å². The van der Waals surface area contributed by atoms with Crippen molar-refractivity contribution in [3.8, 4) is 11.3 Å². The summed E-state index contributed by atoms with van der Waals surface area (Å²) >= 11 is 0. The van der Waals surface area contributed by atoms with Crippen LogP contribution in [-0.2, 0) is 13.0 Å². The first-order valence-corrected chi connectivity index (χ1v) is 8.78. The Labute approximate surface area is 150 Å². The summed E-state index contributed by atoms with van der Waals surface area (Å²) in [5.74, 6) is 1.16. The Morgan fingerprint density at radius 1 is 1.27 bits per heavy atom. The number of amides is 1. The topological polar surface area (TPSA) is 85.0 Å². The van der Waals surface area contributed by atoms with Crippen molar-refractivity contribution < 1.29 is 9.32 Å². The fourth-order valence-corrected chi connectivity index (χ4v) is 3.38. The number of carbonyl (C=O) groups is 1. The van der Waals surface area contributed by atoms with E-state index in [1.54, 1.807) is 29.7 Å². The van der Waals surface area contributed by atoms with E-state index in [0.717, 1.165) is 41.1 Å². The van der Waals surface area contributed by atoms with Crippen LogP contribution in [0.4, 0.5) is 0 Å². The average molecular weight is 347 g/mol. The van der Waals surface area contributed by atoms with Crippen molar-refractivity contribution in [3.05, 3.63) is 59.6 Å². The van der Waals surface area contributed by atoms with E-state index in [2.05, 4.69) is 20.1 Å². The Kier molecular flexibility index (Phi) is 3.51. The van der Waals surface area contributed by atoms with Gasteiger partial charge in [-0.3, -0.25) is 9.78 Å². The highest BCUT2D eigenvalue weighted by molar-refractivity contribution is 5.92. The third-order valence-corrected chi connectivity index (χ3v) is 4.95. The van der Waals surface area contributed by atoms with Gasteiger partial charge in [0.2, 0.25) is 0 Å². The number of carbonyl (C=O) groups excluding carboxylic acids is 1. The molecular weight excluding hydrogens is 330 g/mol. The monoisotopic (exact) mass is 347 g/mol. The van der Waals surface area contributed by atoms with Crippen LogP contribution in [0.25, 0.3) is 11.3 Å². The average Bonchev–Trinajstić information content (AvgIpc) is 3.44. The number of hydrogen-bond donors (Lipinski definition) is 0. The summed E-state index contributed by atoms with van der Waals surface area (Å²) in [6, 6.07) is 5.64. The van der Waals surface area contributed by atoms with Crippen LogP contribution in [0.2, 0.25) is 0 Å². The molecular formula is C19H17N5O2. The maximum atomic E-state index is 12.9. The lowest BCUT2D eigenvalue weighted by Gasteiger charge is -2.28. The minimum Gasteiger partial charge on any atom is -0.360 e. The van der Waals surface area contributed by atoms with E-state index >= 15 is 0 Å². The number of hydrogen-bond acceptors (Lipinski definition) is 6. The van der Waals surface area contributed by atoms with Crippen LogP contribution in [0.1, 0.15) is 46.3 Å². The lowest BCUT2D eigenvalue weighted by molar-refractivity contribution is 0.0723. The molecule has 130 valence electrons. The van der Waals surface area contributed by atoms with E-state index in [4.69, 9.17) is 4.52 Å². The quantitative estimate of drug-likeness (QED) is 0.724. The maximum Gasteiger partial charge on any atom is 0.276 e. The second-order valence-corrected chi connectivity index (χ2v) is 6.75. The molecule has 0 bridgehead atoms. The highest BCUT2D eigenvalue weighted by Gasteiger charge is 2.31. The second-order valence-electron chi connectivity index (χ2n) is 6.75. The largest absolute Gasteiger partial charge is 0.360 e. The van der Waals surface area contributed by atoms with E-state index < -0.39 is 0 Å². The summed E-state index contributed by atoms with van der Waals surface area (Å²) in [5.41, 5.74) is 4.11. The zero-order chi connectivity index (χ0) is 17.5. The normalized spacial score (nSPS) is 16.4. The van der Waals surface area contributed by atoms with Crippen molar-refractivity contribution in [2.75, 3.05) is 6.54 Å². The van der Waals surface area contributed by atoms with Gasteiger partial charge in [-0.25, -0.2) is 9.97 Å². The first kappa shape index (κ1) is 15.2. The van der Waals surface area contributed by atoms with Crippen LogP contribution in [0.3, 0.4) is 0 Å². The Morgan fingerprint density at radius 3 is 3.00 bits per heavy atom.